The van der Waals surface area contributed by atoms with E-state index in [1.54, 1.807) is 18.5 Å². The van der Waals surface area contributed by atoms with Gasteiger partial charge in [-0.3, -0.25) is 9.05 Å². The average Bonchev–Trinajstić information content (AvgIpc) is 2.70. The van der Waals surface area contributed by atoms with Gasteiger partial charge in [0.25, 0.3) is 0 Å². The van der Waals surface area contributed by atoms with Crippen LogP contribution in [0.1, 0.15) is 40.0 Å². The van der Waals surface area contributed by atoms with E-state index in [0.29, 0.717) is 13.0 Å². The second-order valence-corrected chi connectivity index (χ2v) is 9.07. The normalized spacial score (nSPS) is 22.5. The molecule has 0 bridgehead atoms. The first-order valence-corrected chi connectivity index (χ1v) is 10.6. The summed E-state index contributed by atoms with van der Waals surface area (Å²) in [6, 6.07) is -0.268. The maximum Gasteiger partial charge on any atom is 0.408 e. The van der Waals surface area contributed by atoms with Crippen molar-refractivity contribution < 1.29 is 22.0 Å². The standard InChI is InChI=1S/C12H26NO5PS/c1-4-7-9-13(12-8-10-20(15,16)11-12)19(14,17-5-2)18-6-3/h12H,4-11H2,1-3H3/t12-/m0/s1. The SMILES string of the molecule is CCCCN([C@H]1CCS(=O)(=O)C1)P(=O)(OCC)OCC. The highest BCUT2D eigenvalue weighted by Gasteiger charge is 2.42. The van der Waals surface area contributed by atoms with Gasteiger partial charge in [0, 0.05) is 12.6 Å². The zero-order valence-corrected chi connectivity index (χ0v) is 14.3. The summed E-state index contributed by atoms with van der Waals surface area (Å²) in [6.45, 7) is 6.65. The molecule has 0 spiro atoms. The Hall–Kier alpha value is 0.0600. The molecule has 0 unspecified atom stereocenters. The number of hydrogen-bond acceptors (Lipinski definition) is 5. The molecule has 0 aliphatic carbocycles. The summed E-state index contributed by atoms with van der Waals surface area (Å²) in [5.41, 5.74) is 0. The molecule has 1 aliphatic rings. The molecule has 0 amide bonds. The van der Waals surface area contributed by atoms with Gasteiger partial charge in [-0.15, -0.1) is 0 Å². The molecule has 6 nitrogen and oxygen atoms in total. The summed E-state index contributed by atoms with van der Waals surface area (Å²) < 4.78 is 48.6. The molecule has 1 fully saturated rings. The van der Waals surface area contributed by atoms with Crippen LogP contribution in [0.3, 0.4) is 0 Å². The highest BCUT2D eigenvalue weighted by molar-refractivity contribution is 7.91. The zero-order valence-electron chi connectivity index (χ0n) is 12.6. The van der Waals surface area contributed by atoms with Crippen LogP contribution in [0.4, 0.5) is 0 Å². The molecule has 1 heterocycles. The Morgan fingerprint density at radius 2 is 1.80 bits per heavy atom. The summed E-state index contributed by atoms with van der Waals surface area (Å²) in [7, 11) is -6.43. The molecule has 0 radical (unpaired) electrons. The highest BCUT2D eigenvalue weighted by atomic mass is 32.2. The van der Waals surface area contributed by atoms with Crippen molar-refractivity contribution in [2.75, 3.05) is 31.3 Å². The van der Waals surface area contributed by atoms with E-state index in [-0.39, 0.29) is 30.8 Å². The van der Waals surface area contributed by atoms with Crippen molar-refractivity contribution in [3.63, 3.8) is 0 Å². The maximum absolute atomic E-state index is 12.9. The largest absolute Gasteiger partial charge is 0.408 e. The van der Waals surface area contributed by atoms with Gasteiger partial charge < -0.3 is 0 Å². The van der Waals surface area contributed by atoms with Crippen LogP contribution in [0.2, 0.25) is 0 Å². The molecule has 1 aliphatic heterocycles. The van der Waals surface area contributed by atoms with Gasteiger partial charge in [-0.05, 0) is 26.7 Å². The van der Waals surface area contributed by atoms with Gasteiger partial charge in [0.2, 0.25) is 0 Å². The third kappa shape index (κ3) is 4.81. The smallest absolute Gasteiger partial charge is 0.297 e. The molecule has 1 atom stereocenters. The van der Waals surface area contributed by atoms with Crippen LogP contribution in [0.25, 0.3) is 0 Å². The first-order chi connectivity index (χ1) is 9.38. The number of unbranched alkanes of at least 4 members (excludes halogenated alkanes) is 1. The summed E-state index contributed by atoms with van der Waals surface area (Å²) >= 11 is 0. The number of nitrogens with zero attached hydrogens (tertiary/aromatic N) is 1. The van der Waals surface area contributed by atoms with Crippen molar-refractivity contribution in [3.05, 3.63) is 0 Å². The third-order valence-electron chi connectivity index (χ3n) is 3.27. The second kappa shape index (κ2) is 7.90. The van der Waals surface area contributed by atoms with Crippen LogP contribution in [0, 0.1) is 0 Å². The molecule has 0 aromatic carbocycles. The molecule has 0 aromatic heterocycles. The minimum absolute atomic E-state index is 0.0425. The van der Waals surface area contributed by atoms with E-state index in [1.165, 1.54) is 0 Å². The molecule has 8 heteroatoms. The van der Waals surface area contributed by atoms with Crippen molar-refractivity contribution in [2.45, 2.75) is 46.1 Å². The molecular weight excluding hydrogens is 301 g/mol. The number of hydrogen-bond donors (Lipinski definition) is 0. The summed E-state index contributed by atoms with van der Waals surface area (Å²) in [5, 5.41) is 0. The molecule has 0 aromatic rings. The first-order valence-electron chi connectivity index (χ1n) is 7.25. The van der Waals surface area contributed by atoms with Gasteiger partial charge in [0.05, 0.1) is 24.7 Å². The lowest BCUT2D eigenvalue weighted by Crippen LogP contribution is -2.35. The van der Waals surface area contributed by atoms with Crippen LogP contribution < -0.4 is 0 Å². The summed E-state index contributed by atoms with van der Waals surface area (Å²) in [5.74, 6) is 0.194. The molecule has 20 heavy (non-hydrogen) atoms. The maximum atomic E-state index is 12.9. The minimum Gasteiger partial charge on any atom is -0.297 e. The summed E-state index contributed by atoms with van der Waals surface area (Å²) in [4.78, 5) is 0. The predicted octanol–water partition coefficient (Wildman–Crippen LogP) is 2.46. The molecule has 120 valence electrons. The third-order valence-corrected chi connectivity index (χ3v) is 7.34. The summed E-state index contributed by atoms with van der Waals surface area (Å²) in [6.07, 6.45) is 2.27. The molecule has 0 N–H and O–H groups in total. The lowest BCUT2D eigenvalue weighted by atomic mass is 10.2. The van der Waals surface area contributed by atoms with Gasteiger partial charge >= 0.3 is 7.75 Å². The fraction of sp³-hybridized carbons (Fsp3) is 1.00. The highest BCUT2D eigenvalue weighted by Crippen LogP contribution is 2.54. The van der Waals surface area contributed by atoms with Gasteiger partial charge in [-0.2, -0.15) is 0 Å². The minimum atomic E-state index is -3.40. The fourth-order valence-corrected chi connectivity index (χ4v) is 6.20. The monoisotopic (exact) mass is 327 g/mol. The van der Waals surface area contributed by atoms with E-state index in [4.69, 9.17) is 9.05 Å². The first kappa shape index (κ1) is 18.1. The zero-order chi connectivity index (χ0) is 15.2. The van der Waals surface area contributed by atoms with Crippen molar-refractivity contribution in [3.8, 4) is 0 Å². The van der Waals surface area contributed by atoms with Crippen molar-refractivity contribution in [1.29, 1.82) is 0 Å². The average molecular weight is 327 g/mol. The van der Waals surface area contributed by atoms with Crippen LogP contribution >= 0.6 is 7.75 Å². The number of sulfone groups is 1. The quantitative estimate of drug-likeness (QED) is 0.606. The predicted molar refractivity (Wildman–Crippen MR) is 79.5 cm³/mol. The van der Waals surface area contributed by atoms with E-state index >= 15 is 0 Å². The van der Waals surface area contributed by atoms with Crippen LogP contribution in [-0.2, 0) is 23.4 Å². The van der Waals surface area contributed by atoms with Crippen molar-refractivity contribution >= 4 is 17.6 Å². The van der Waals surface area contributed by atoms with Gasteiger partial charge in [0.1, 0.15) is 0 Å². The number of rotatable bonds is 9. The molecule has 1 saturated heterocycles. The van der Waals surface area contributed by atoms with Crippen LogP contribution in [-0.4, -0.2) is 50.4 Å². The van der Waals surface area contributed by atoms with E-state index in [9.17, 15) is 13.0 Å². The molecule has 1 rings (SSSR count). The van der Waals surface area contributed by atoms with E-state index in [0.717, 1.165) is 12.8 Å². The van der Waals surface area contributed by atoms with E-state index in [1.807, 2.05) is 6.92 Å². The Bertz CT molecular complexity index is 429. The van der Waals surface area contributed by atoms with Crippen molar-refractivity contribution in [2.24, 2.45) is 0 Å². The van der Waals surface area contributed by atoms with Gasteiger partial charge in [-0.25, -0.2) is 17.7 Å². The van der Waals surface area contributed by atoms with Crippen LogP contribution in [0.15, 0.2) is 0 Å². The van der Waals surface area contributed by atoms with Crippen LogP contribution in [0.5, 0.6) is 0 Å². The second-order valence-electron chi connectivity index (χ2n) is 4.88. The van der Waals surface area contributed by atoms with E-state index in [2.05, 4.69) is 0 Å². The Morgan fingerprint density at radius 3 is 2.20 bits per heavy atom. The van der Waals surface area contributed by atoms with Gasteiger partial charge in [-0.1, -0.05) is 13.3 Å². The van der Waals surface area contributed by atoms with Crippen molar-refractivity contribution in [1.82, 2.24) is 4.67 Å². The van der Waals surface area contributed by atoms with Gasteiger partial charge in [0.15, 0.2) is 9.84 Å². The Kier molecular flexibility index (Phi) is 7.15. The Balaban J connectivity index is 2.94. The Labute approximate surface area is 122 Å². The lowest BCUT2D eigenvalue weighted by molar-refractivity contribution is 0.151. The lowest BCUT2D eigenvalue weighted by Gasteiger charge is -2.33. The molecular formula is C12H26NO5PS. The molecule has 0 saturated carbocycles. The fourth-order valence-electron chi connectivity index (χ4n) is 2.35. The Morgan fingerprint density at radius 1 is 1.20 bits per heavy atom. The van der Waals surface area contributed by atoms with E-state index < -0.39 is 17.6 Å². The topological polar surface area (TPSA) is 72.9 Å².